The van der Waals surface area contributed by atoms with Gasteiger partial charge < -0.3 is 18.5 Å². The summed E-state index contributed by atoms with van der Waals surface area (Å²) in [5.74, 6) is 1.29. The van der Waals surface area contributed by atoms with Gasteiger partial charge in [0.15, 0.2) is 17.5 Å². The van der Waals surface area contributed by atoms with E-state index >= 15 is 0 Å². The van der Waals surface area contributed by atoms with E-state index in [1.54, 1.807) is 42.3 Å². The van der Waals surface area contributed by atoms with Crippen molar-refractivity contribution in [2.75, 3.05) is 13.7 Å². The molecule has 0 saturated carbocycles. The van der Waals surface area contributed by atoms with E-state index in [0.29, 0.717) is 28.0 Å². The van der Waals surface area contributed by atoms with Crippen LogP contribution >= 0.6 is 11.8 Å². The molecule has 3 aromatic rings. The third-order valence-corrected chi connectivity index (χ3v) is 4.69. The van der Waals surface area contributed by atoms with E-state index in [1.807, 2.05) is 7.05 Å². The number of thioether (sulfide) groups is 1. The monoisotopic (exact) mass is 387 g/mol. The van der Waals surface area contributed by atoms with Gasteiger partial charge in [-0.3, -0.25) is 9.59 Å². The Morgan fingerprint density at radius 1 is 1.30 bits per heavy atom. The van der Waals surface area contributed by atoms with Crippen LogP contribution in [0.5, 0.6) is 11.5 Å². The van der Waals surface area contributed by atoms with Crippen molar-refractivity contribution in [3.8, 4) is 11.5 Å². The predicted octanol–water partition coefficient (Wildman–Crippen LogP) is 2.33. The number of carbonyl (C=O) groups is 1. The fraction of sp³-hybridized carbons (Fsp3) is 0.222. The normalized spacial score (nSPS) is 10.6. The summed E-state index contributed by atoms with van der Waals surface area (Å²) in [7, 11) is 3.38. The molecule has 3 rings (SSSR count). The summed E-state index contributed by atoms with van der Waals surface area (Å²) in [5, 5.41) is 8.44. The Kier molecular flexibility index (Phi) is 5.92. The summed E-state index contributed by atoms with van der Waals surface area (Å²) in [6.07, 6.45) is 2.81. The Morgan fingerprint density at radius 3 is 2.70 bits per heavy atom. The van der Waals surface area contributed by atoms with Crippen LogP contribution in [0.15, 0.2) is 57.3 Å². The van der Waals surface area contributed by atoms with Crippen LogP contribution in [0.25, 0.3) is 0 Å². The van der Waals surface area contributed by atoms with E-state index < -0.39 is 0 Å². The summed E-state index contributed by atoms with van der Waals surface area (Å²) < 4.78 is 17.5. The largest absolute Gasteiger partial charge is 0.497 e. The number of nitrogens with zero attached hydrogens (tertiary/aromatic N) is 3. The maximum Gasteiger partial charge on any atom is 0.227 e. The van der Waals surface area contributed by atoms with E-state index in [4.69, 9.17) is 13.9 Å². The van der Waals surface area contributed by atoms with Gasteiger partial charge in [0, 0.05) is 18.7 Å². The Balaban J connectivity index is 1.58. The van der Waals surface area contributed by atoms with Gasteiger partial charge in [0.2, 0.25) is 11.2 Å². The molecule has 0 saturated heterocycles. The van der Waals surface area contributed by atoms with Crippen LogP contribution in [-0.4, -0.2) is 34.3 Å². The molecular weight excluding hydrogens is 370 g/mol. The first-order chi connectivity index (χ1) is 13.1. The van der Waals surface area contributed by atoms with Gasteiger partial charge in [-0.1, -0.05) is 11.8 Å². The topological polar surface area (TPSA) is 96.4 Å². The van der Waals surface area contributed by atoms with Gasteiger partial charge in [0.25, 0.3) is 0 Å². The summed E-state index contributed by atoms with van der Waals surface area (Å²) in [6, 6.07) is 7.99. The van der Waals surface area contributed by atoms with Gasteiger partial charge in [-0.05, 0) is 24.3 Å². The molecule has 0 unspecified atom stereocenters. The fourth-order valence-electron chi connectivity index (χ4n) is 2.16. The SMILES string of the molecule is COc1ccc(C(=O)COc2coc(CSc3nncn3C)cc2=O)cc1. The van der Waals surface area contributed by atoms with Crippen LogP contribution in [0, 0.1) is 0 Å². The van der Waals surface area contributed by atoms with Crippen molar-refractivity contribution in [3.63, 3.8) is 0 Å². The first-order valence-electron chi connectivity index (χ1n) is 7.95. The van der Waals surface area contributed by atoms with Crippen LogP contribution in [-0.2, 0) is 12.8 Å². The number of aryl methyl sites for hydroxylation is 1. The zero-order chi connectivity index (χ0) is 19.2. The lowest BCUT2D eigenvalue weighted by atomic mass is 10.1. The van der Waals surface area contributed by atoms with Gasteiger partial charge in [-0.15, -0.1) is 10.2 Å². The van der Waals surface area contributed by atoms with Crippen LogP contribution in [0.2, 0.25) is 0 Å². The van der Waals surface area contributed by atoms with Crippen LogP contribution in [0.1, 0.15) is 16.1 Å². The maximum atomic E-state index is 12.1. The zero-order valence-electron chi connectivity index (χ0n) is 14.7. The summed E-state index contributed by atoms with van der Waals surface area (Å²) >= 11 is 1.39. The van der Waals surface area contributed by atoms with Gasteiger partial charge in [-0.2, -0.15) is 0 Å². The van der Waals surface area contributed by atoms with Crippen LogP contribution < -0.4 is 14.9 Å². The highest BCUT2D eigenvalue weighted by molar-refractivity contribution is 7.98. The van der Waals surface area contributed by atoms with E-state index in [9.17, 15) is 9.59 Å². The first-order valence-corrected chi connectivity index (χ1v) is 8.94. The molecule has 8 nitrogen and oxygen atoms in total. The lowest BCUT2D eigenvalue weighted by Gasteiger charge is -2.06. The van der Waals surface area contributed by atoms with Crippen molar-refractivity contribution in [2.24, 2.45) is 7.05 Å². The van der Waals surface area contributed by atoms with Crippen LogP contribution in [0.3, 0.4) is 0 Å². The average molecular weight is 387 g/mol. The molecule has 0 atom stereocenters. The molecule has 140 valence electrons. The molecule has 0 N–H and O–H groups in total. The third kappa shape index (κ3) is 4.76. The van der Waals surface area contributed by atoms with Gasteiger partial charge >= 0.3 is 0 Å². The van der Waals surface area contributed by atoms with Crippen molar-refractivity contribution in [3.05, 3.63) is 64.5 Å². The lowest BCUT2D eigenvalue weighted by Crippen LogP contribution is -2.15. The Labute approximate surface area is 159 Å². The number of rotatable bonds is 8. The average Bonchev–Trinajstić information content (AvgIpc) is 3.10. The molecule has 27 heavy (non-hydrogen) atoms. The highest BCUT2D eigenvalue weighted by Crippen LogP contribution is 2.20. The number of ketones is 1. The van der Waals surface area contributed by atoms with Crippen molar-refractivity contribution in [1.29, 1.82) is 0 Å². The second-order valence-corrected chi connectivity index (χ2v) is 6.47. The molecule has 0 aliphatic carbocycles. The van der Waals surface area contributed by atoms with E-state index in [-0.39, 0.29) is 23.6 Å². The molecule has 2 aromatic heterocycles. The number of carbonyl (C=O) groups excluding carboxylic acids is 1. The minimum absolute atomic E-state index is 0.00994. The van der Waals surface area contributed by atoms with Crippen molar-refractivity contribution < 1.29 is 18.7 Å². The molecular formula is C18H17N3O5S. The molecule has 2 heterocycles. The number of benzene rings is 1. The number of hydrogen-bond acceptors (Lipinski definition) is 8. The van der Waals surface area contributed by atoms with E-state index in [0.717, 1.165) is 0 Å². The molecule has 9 heteroatoms. The van der Waals surface area contributed by atoms with Gasteiger partial charge in [0.05, 0.1) is 12.9 Å². The first kappa shape index (κ1) is 18.7. The lowest BCUT2D eigenvalue weighted by molar-refractivity contribution is 0.0919. The smallest absolute Gasteiger partial charge is 0.227 e. The zero-order valence-corrected chi connectivity index (χ0v) is 15.6. The summed E-state index contributed by atoms with van der Waals surface area (Å²) in [5.41, 5.74) is 0.120. The molecule has 0 aliphatic heterocycles. The van der Waals surface area contributed by atoms with Crippen molar-refractivity contribution >= 4 is 17.5 Å². The molecule has 0 fully saturated rings. The summed E-state index contributed by atoms with van der Waals surface area (Å²) in [4.78, 5) is 24.3. The number of ether oxygens (including phenoxy) is 2. The third-order valence-electron chi connectivity index (χ3n) is 3.64. The minimum Gasteiger partial charge on any atom is -0.497 e. The maximum absolute atomic E-state index is 12.1. The van der Waals surface area contributed by atoms with Crippen molar-refractivity contribution in [1.82, 2.24) is 14.8 Å². The quantitative estimate of drug-likeness (QED) is 0.429. The number of hydrogen-bond donors (Lipinski definition) is 0. The summed E-state index contributed by atoms with van der Waals surface area (Å²) in [6.45, 7) is -0.260. The second kappa shape index (κ2) is 8.54. The number of Topliss-reactive ketones (excluding diaryl/α,β-unsaturated/α-hetero) is 1. The van der Waals surface area contributed by atoms with Crippen LogP contribution in [0.4, 0.5) is 0 Å². The minimum atomic E-state index is -0.350. The molecule has 0 radical (unpaired) electrons. The molecule has 0 amide bonds. The molecule has 1 aromatic carbocycles. The highest BCUT2D eigenvalue weighted by Gasteiger charge is 2.11. The van der Waals surface area contributed by atoms with E-state index in [2.05, 4.69) is 10.2 Å². The Morgan fingerprint density at radius 2 is 2.07 bits per heavy atom. The second-order valence-electron chi connectivity index (χ2n) is 5.53. The Hall–Kier alpha value is -3.07. The highest BCUT2D eigenvalue weighted by atomic mass is 32.2. The Bertz CT molecular complexity index is 981. The van der Waals surface area contributed by atoms with Crippen molar-refractivity contribution in [2.45, 2.75) is 10.9 Å². The van der Waals surface area contributed by atoms with Gasteiger partial charge in [-0.25, -0.2) is 0 Å². The van der Waals surface area contributed by atoms with Gasteiger partial charge in [0.1, 0.15) is 24.1 Å². The fourth-order valence-corrected chi connectivity index (χ4v) is 2.94. The molecule has 0 aliphatic rings. The number of methoxy groups -OCH3 is 1. The standard InChI is InChI=1S/C18H17N3O5S/c1-21-11-19-20-18(21)27-10-14-7-15(22)17(9-25-14)26-8-16(23)12-3-5-13(24-2)6-4-12/h3-7,9,11H,8,10H2,1-2H3. The molecule has 0 bridgehead atoms. The van der Waals surface area contributed by atoms with E-state index in [1.165, 1.54) is 24.1 Å². The predicted molar refractivity (Wildman–Crippen MR) is 98.4 cm³/mol. The molecule has 0 spiro atoms. The number of aromatic nitrogens is 3.